The summed E-state index contributed by atoms with van der Waals surface area (Å²) in [6, 6.07) is 12.5. The fraction of sp³-hybridized carbons (Fsp3) is 0.300. The molecule has 3 N–H and O–H groups in total. The third-order valence-electron chi connectivity index (χ3n) is 4.03. The van der Waals surface area contributed by atoms with Gasteiger partial charge in [-0.2, -0.15) is 0 Å². The molecule has 0 spiro atoms. The first-order valence-corrected chi connectivity index (χ1v) is 8.60. The van der Waals surface area contributed by atoms with Crippen molar-refractivity contribution in [1.82, 2.24) is 5.32 Å². The summed E-state index contributed by atoms with van der Waals surface area (Å²) < 4.78 is 23.6. The normalized spacial score (nSPS) is 12.7. The van der Waals surface area contributed by atoms with Crippen LogP contribution in [0.5, 0.6) is 0 Å². The first-order chi connectivity index (χ1) is 13.4. The number of alkyl carbamates (subject to hydrolysis) is 1. The summed E-state index contributed by atoms with van der Waals surface area (Å²) in [5.41, 5.74) is 0.666. The molecule has 28 heavy (non-hydrogen) atoms. The minimum atomic E-state index is -1.52. The summed E-state index contributed by atoms with van der Waals surface area (Å²) in [6.07, 6.45) is -3.54. The minimum absolute atomic E-state index is 0.00623. The Labute approximate surface area is 161 Å². The van der Waals surface area contributed by atoms with Crippen LogP contribution >= 0.6 is 0 Å². The summed E-state index contributed by atoms with van der Waals surface area (Å²) >= 11 is 0. The van der Waals surface area contributed by atoms with Crippen LogP contribution in [-0.4, -0.2) is 42.0 Å². The second-order valence-electron chi connectivity index (χ2n) is 6.02. The van der Waals surface area contributed by atoms with Crippen LogP contribution in [0.3, 0.4) is 0 Å². The van der Waals surface area contributed by atoms with Crippen molar-refractivity contribution in [3.05, 3.63) is 71.0 Å². The lowest BCUT2D eigenvalue weighted by molar-refractivity contribution is 0.0116. The molecule has 0 aliphatic heterocycles. The molecular weight excluding hydrogens is 369 g/mol. The third-order valence-corrected chi connectivity index (χ3v) is 4.03. The number of esters is 1. The Kier molecular flexibility index (Phi) is 7.91. The first-order valence-electron chi connectivity index (χ1n) is 8.60. The monoisotopic (exact) mass is 391 g/mol. The molecule has 150 valence electrons. The predicted molar refractivity (Wildman–Crippen MR) is 98.0 cm³/mol. The first kappa shape index (κ1) is 21.3. The lowest BCUT2D eigenvalue weighted by Gasteiger charge is -2.19. The van der Waals surface area contributed by atoms with Crippen LogP contribution in [0.1, 0.15) is 34.0 Å². The maximum Gasteiger partial charge on any atom is 0.407 e. The Bertz CT molecular complexity index is 799. The third kappa shape index (κ3) is 6.04. The van der Waals surface area contributed by atoms with E-state index in [9.17, 15) is 24.2 Å². The molecule has 0 bridgehead atoms. The highest BCUT2D eigenvalue weighted by atomic mass is 19.1. The van der Waals surface area contributed by atoms with Crippen molar-refractivity contribution in [3.63, 3.8) is 0 Å². The number of hydrogen-bond acceptors (Lipinski definition) is 6. The van der Waals surface area contributed by atoms with Gasteiger partial charge in [0.15, 0.2) is 0 Å². The molecule has 2 unspecified atom stereocenters. The van der Waals surface area contributed by atoms with Gasteiger partial charge in [0.1, 0.15) is 18.5 Å². The van der Waals surface area contributed by atoms with Crippen LogP contribution in [0.25, 0.3) is 0 Å². The highest BCUT2D eigenvalue weighted by molar-refractivity contribution is 5.89. The summed E-state index contributed by atoms with van der Waals surface area (Å²) in [6.45, 7) is 0.128. The van der Waals surface area contributed by atoms with Crippen LogP contribution < -0.4 is 5.32 Å². The fourth-order valence-corrected chi connectivity index (χ4v) is 2.47. The molecule has 2 aromatic rings. The van der Waals surface area contributed by atoms with E-state index in [1.807, 2.05) is 30.3 Å². The van der Waals surface area contributed by atoms with E-state index in [4.69, 9.17) is 4.74 Å². The Balaban J connectivity index is 1.79. The van der Waals surface area contributed by atoms with Gasteiger partial charge in [-0.05, 0) is 24.1 Å². The van der Waals surface area contributed by atoms with Gasteiger partial charge in [-0.25, -0.2) is 14.0 Å². The summed E-state index contributed by atoms with van der Waals surface area (Å²) in [7, 11) is 1.17. The number of nitrogens with one attached hydrogen (secondary N) is 1. The number of methoxy groups -OCH3 is 1. The van der Waals surface area contributed by atoms with Gasteiger partial charge in [0.05, 0.1) is 18.8 Å². The van der Waals surface area contributed by atoms with E-state index < -0.39 is 30.1 Å². The molecule has 2 rings (SSSR count). The lowest BCUT2D eigenvalue weighted by Crippen LogP contribution is -2.30. The smallest absolute Gasteiger partial charge is 0.407 e. The number of aliphatic hydroxyl groups is 2. The van der Waals surface area contributed by atoms with Crippen LogP contribution in [0, 0.1) is 5.82 Å². The zero-order valence-electron chi connectivity index (χ0n) is 15.3. The van der Waals surface area contributed by atoms with Gasteiger partial charge in [0.2, 0.25) is 0 Å². The zero-order chi connectivity index (χ0) is 20.5. The maximum atomic E-state index is 14.1. The fourth-order valence-electron chi connectivity index (χ4n) is 2.47. The van der Waals surface area contributed by atoms with E-state index in [-0.39, 0.29) is 30.7 Å². The van der Waals surface area contributed by atoms with Crippen LogP contribution in [0.2, 0.25) is 0 Å². The highest BCUT2D eigenvalue weighted by Crippen LogP contribution is 2.23. The highest BCUT2D eigenvalue weighted by Gasteiger charge is 2.22. The van der Waals surface area contributed by atoms with Gasteiger partial charge in [-0.1, -0.05) is 36.4 Å². The maximum absolute atomic E-state index is 14.1. The van der Waals surface area contributed by atoms with Gasteiger partial charge in [0, 0.05) is 12.1 Å². The van der Waals surface area contributed by atoms with E-state index in [2.05, 4.69) is 10.1 Å². The largest absolute Gasteiger partial charge is 0.465 e. The molecule has 1 amide bonds. The second-order valence-corrected chi connectivity index (χ2v) is 6.02. The van der Waals surface area contributed by atoms with Gasteiger partial charge in [-0.15, -0.1) is 0 Å². The minimum Gasteiger partial charge on any atom is -0.465 e. The van der Waals surface area contributed by atoms with Gasteiger partial charge in [-0.3, -0.25) is 0 Å². The molecule has 0 aliphatic rings. The van der Waals surface area contributed by atoms with Gasteiger partial charge < -0.3 is 25.0 Å². The average molecular weight is 391 g/mol. The number of benzene rings is 2. The predicted octanol–water partition coefficient (Wildman–Crippen LogP) is 2.32. The van der Waals surface area contributed by atoms with E-state index in [1.165, 1.54) is 19.2 Å². The summed E-state index contributed by atoms with van der Waals surface area (Å²) in [5, 5.41) is 22.6. The SMILES string of the molecule is COC(=O)c1ccc(C(O)C(O)CCNC(=O)OCc2ccccc2)c(F)c1. The zero-order valence-corrected chi connectivity index (χ0v) is 15.3. The van der Waals surface area contributed by atoms with Crippen molar-refractivity contribution in [1.29, 1.82) is 0 Å². The van der Waals surface area contributed by atoms with Crippen molar-refractivity contribution in [2.24, 2.45) is 0 Å². The van der Waals surface area contributed by atoms with Gasteiger partial charge >= 0.3 is 12.1 Å². The topological polar surface area (TPSA) is 105 Å². The Morgan fingerprint density at radius 3 is 2.50 bits per heavy atom. The van der Waals surface area contributed by atoms with E-state index in [1.54, 1.807) is 0 Å². The number of halogens is 1. The number of hydrogen-bond donors (Lipinski definition) is 3. The van der Waals surface area contributed by atoms with Crippen molar-refractivity contribution in [3.8, 4) is 0 Å². The van der Waals surface area contributed by atoms with Crippen LogP contribution in [-0.2, 0) is 16.1 Å². The number of carbonyl (C=O) groups is 2. The van der Waals surface area contributed by atoms with E-state index in [0.29, 0.717) is 0 Å². The molecule has 8 heteroatoms. The Morgan fingerprint density at radius 2 is 1.86 bits per heavy atom. The van der Waals surface area contributed by atoms with Crippen molar-refractivity contribution in [2.45, 2.75) is 25.2 Å². The molecule has 7 nitrogen and oxygen atoms in total. The number of carbonyl (C=O) groups excluding carboxylic acids is 2. The molecule has 0 heterocycles. The summed E-state index contributed by atoms with van der Waals surface area (Å²) in [5.74, 6) is -1.55. The number of rotatable bonds is 8. The molecular formula is C20H22FNO6. The van der Waals surface area contributed by atoms with Gasteiger partial charge in [0.25, 0.3) is 0 Å². The van der Waals surface area contributed by atoms with E-state index >= 15 is 0 Å². The Morgan fingerprint density at radius 1 is 1.14 bits per heavy atom. The molecule has 0 fully saturated rings. The average Bonchev–Trinajstić information content (AvgIpc) is 2.71. The molecule has 2 aromatic carbocycles. The van der Waals surface area contributed by atoms with Crippen molar-refractivity contribution >= 4 is 12.1 Å². The molecule has 0 radical (unpaired) electrons. The lowest BCUT2D eigenvalue weighted by atomic mass is 10.00. The molecule has 0 saturated carbocycles. The summed E-state index contributed by atoms with van der Waals surface area (Å²) in [4.78, 5) is 23.0. The van der Waals surface area contributed by atoms with Crippen molar-refractivity contribution in [2.75, 3.05) is 13.7 Å². The molecule has 2 atom stereocenters. The van der Waals surface area contributed by atoms with Crippen molar-refractivity contribution < 1.29 is 33.7 Å². The number of amides is 1. The molecule has 0 saturated heterocycles. The Hall–Kier alpha value is -2.97. The number of aliphatic hydroxyl groups excluding tert-OH is 2. The van der Waals surface area contributed by atoms with Crippen LogP contribution in [0.4, 0.5) is 9.18 Å². The molecule has 0 aromatic heterocycles. The molecule has 0 aliphatic carbocycles. The second kappa shape index (κ2) is 10.4. The quantitative estimate of drug-likeness (QED) is 0.597. The van der Waals surface area contributed by atoms with Crippen LogP contribution in [0.15, 0.2) is 48.5 Å². The standard InChI is InChI=1S/C20H22FNO6/c1-27-19(25)14-7-8-15(16(21)11-14)18(24)17(23)9-10-22-20(26)28-12-13-5-3-2-4-6-13/h2-8,11,17-18,23-24H,9-10,12H2,1H3,(H,22,26). The van der Waals surface area contributed by atoms with E-state index in [0.717, 1.165) is 11.6 Å². The number of ether oxygens (including phenoxy) is 2.